The first-order valence-corrected chi connectivity index (χ1v) is 6.12. The van der Waals surface area contributed by atoms with Crippen molar-refractivity contribution in [2.75, 3.05) is 0 Å². The molecule has 0 unspecified atom stereocenters. The Morgan fingerprint density at radius 1 is 1.06 bits per heavy atom. The van der Waals surface area contributed by atoms with Crippen molar-refractivity contribution in [3.63, 3.8) is 0 Å². The SMILES string of the molecule is O=C(c1ccccc1F)c1ccc(Br)c(Cl)c1F. The van der Waals surface area contributed by atoms with Gasteiger partial charge in [0.05, 0.1) is 16.1 Å². The molecule has 2 aromatic carbocycles. The van der Waals surface area contributed by atoms with Gasteiger partial charge in [-0.25, -0.2) is 8.78 Å². The second-order valence-corrected chi connectivity index (χ2v) is 4.76. The van der Waals surface area contributed by atoms with Crippen LogP contribution in [0.5, 0.6) is 0 Å². The molecule has 92 valence electrons. The summed E-state index contributed by atoms with van der Waals surface area (Å²) >= 11 is 8.73. The van der Waals surface area contributed by atoms with Gasteiger partial charge in [-0.1, -0.05) is 23.7 Å². The maximum absolute atomic E-state index is 13.8. The van der Waals surface area contributed by atoms with Gasteiger partial charge in [-0.3, -0.25) is 4.79 Å². The summed E-state index contributed by atoms with van der Waals surface area (Å²) in [4.78, 5) is 12.0. The van der Waals surface area contributed by atoms with Crippen LogP contribution in [0.1, 0.15) is 15.9 Å². The third-order valence-electron chi connectivity index (χ3n) is 2.40. The molecule has 0 aliphatic heterocycles. The van der Waals surface area contributed by atoms with Gasteiger partial charge in [-0.15, -0.1) is 0 Å². The zero-order valence-electron chi connectivity index (χ0n) is 8.88. The lowest BCUT2D eigenvalue weighted by Gasteiger charge is -2.06. The Bertz CT molecular complexity index is 628. The first-order valence-electron chi connectivity index (χ1n) is 4.95. The standard InChI is InChI=1S/C13H6BrClF2O/c14-9-6-5-8(12(17)11(9)15)13(18)7-3-1-2-4-10(7)16/h1-6H. The smallest absolute Gasteiger partial charge is 0.198 e. The van der Waals surface area contributed by atoms with Gasteiger partial charge in [-0.2, -0.15) is 0 Å². The Balaban J connectivity index is 2.54. The van der Waals surface area contributed by atoms with E-state index in [1.165, 1.54) is 30.3 Å². The van der Waals surface area contributed by atoms with E-state index in [1.807, 2.05) is 0 Å². The number of carbonyl (C=O) groups excluding carboxylic acids is 1. The van der Waals surface area contributed by atoms with Gasteiger partial charge in [-0.05, 0) is 40.2 Å². The van der Waals surface area contributed by atoms with E-state index >= 15 is 0 Å². The number of hydrogen-bond donors (Lipinski definition) is 0. The Morgan fingerprint density at radius 2 is 1.72 bits per heavy atom. The number of carbonyl (C=O) groups is 1. The van der Waals surface area contributed by atoms with Crippen LogP contribution in [0.15, 0.2) is 40.9 Å². The van der Waals surface area contributed by atoms with E-state index in [9.17, 15) is 13.6 Å². The van der Waals surface area contributed by atoms with Gasteiger partial charge in [0, 0.05) is 4.47 Å². The molecule has 0 spiro atoms. The van der Waals surface area contributed by atoms with Crippen LogP contribution in [0.3, 0.4) is 0 Å². The molecule has 0 saturated carbocycles. The maximum Gasteiger partial charge on any atom is 0.198 e. The van der Waals surface area contributed by atoms with Gasteiger partial charge in [0.2, 0.25) is 0 Å². The van der Waals surface area contributed by atoms with E-state index in [1.54, 1.807) is 0 Å². The molecule has 0 saturated heterocycles. The van der Waals surface area contributed by atoms with Crippen molar-refractivity contribution in [3.05, 3.63) is 68.7 Å². The first kappa shape index (κ1) is 13.2. The highest BCUT2D eigenvalue weighted by molar-refractivity contribution is 9.10. The fourth-order valence-electron chi connectivity index (χ4n) is 1.49. The predicted octanol–water partition coefficient (Wildman–Crippen LogP) is 4.61. The summed E-state index contributed by atoms with van der Waals surface area (Å²) in [6.45, 7) is 0. The van der Waals surface area contributed by atoms with Crippen molar-refractivity contribution in [2.24, 2.45) is 0 Å². The Hall–Kier alpha value is -1.26. The van der Waals surface area contributed by atoms with Crippen LogP contribution in [0.25, 0.3) is 0 Å². The summed E-state index contributed by atoms with van der Waals surface area (Å²) in [5.74, 6) is -2.29. The topological polar surface area (TPSA) is 17.1 Å². The Kier molecular flexibility index (Phi) is 3.78. The van der Waals surface area contributed by atoms with Gasteiger partial charge < -0.3 is 0 Å². The van der Waals surface area contributed by atoms with Gasteiger partial charge in [0.1, 0.15) is 5.82 Å². The van der Waals surface area contributed by atoms with E-state index in [2.05, 4.69) is 15.9 Å². The zero-order chi connectivity index (χ0) is 13.3. The molecule has 0 amide bonds. The van der Waals surface area contributed by atoms with Gasteiger partial charge in [0.25, 0.3) is 0 Å². The number of benzene rings is 2. The summed E-state index contributed by atoms with van der Waals surface area (Å²) in [5, 5.41) is -0.197. The Labute approximate surface area is 116 Å². The molecule has 2 rings (SSSR count). The second-order valence-electron chi connectivity index (χ2n) is 3.53. The largest absolute Gasteiger partial charge is 0.288 e. The van der Waals surface area contributed by atoms with Crippen LogP contribution in [0, 0.1) is 11.6 Å². The minimum atomic E-state index is -0.862. The lowest BCUT2D eigenvalue weighted by molar-refractivity contribution is 0.103. The first-order chi connectivity index (χ1) is 8.52. The maximum atomic E-state index is 13.8. The molecule has 0 aromatic heterocycles. The molecule has 2 aromatic rings. The van der Waals surface area contributed by atoms with Crippen LogP contribution in [0.4, 0.5) is 8.78 Å². The van der Waals surface area contributed by atoms with Gasteiger partial charge >= 0.3 is 0 Å². The predicted molar refractivity (Wildman–Crippen MR) is 68.9 cm³/mol. The summed E-state index contributed by atoms with van der Waals surface area (Å²) in [6.07, 6.45) is 0. The average Bonchev–Trinajstić information content (AvgIpc) is 2.36. The third kappa shape index (κ3) is 2.31. The van der Waals surface area contributed by atoms with Crippen LogP contribution < -0.4 is 0 Å². The Morgan fingerprint density at radius 3 is 2.39 bits per heavy atom. The summed E-state index contributed by atoms with van der Waals surface area (Å²) in [5.41, 5.74) is -0.442. The van der Waals surface area contributed by atoms with E-state index in [-0.39, 0.29) is 16.1 Å². The van der Waals surface area contributed by atoms with E-state index in [4.69, 9.17) is 11.6 Å². The highest BCUT2D eigenvalue weighted by Gasteiger charge is 2.20. The lowest BCUT2D eigenvalue weighted by Crippen LogP contribution is -2.07. The molecule has 0 radical (unpaired) electrons. The van der Waals surface area contributed by atoms with Crippen LogP contribution in [0.2, 0.25) is 5.02 Å². The van der Waals surface area contributed by atoms with Crippen molar-refractivity contribution >= 4 is 33.3 Å². The normalized spacial score (nSPS) is 10.4. The highest BCUT2D eigenvalue weighted by Crippen LogP contribution is 2.29. The lowest BCUT2D eigenvalue weighted by atomic mass is 10.0. The van der Waals surface area contributed by atoms with Crippen LogP contribution in [-0.2, 0) is 0 Å². The number of ketones is 1. The van der Waals surface area contributed by atoms with Crippen molar-refractivity contribution in [2.45, 2.75) is 0 Å². The molecule has 0 aliphatic rings. The minimum absolute atomic E-state index is 0.185. The monoisotopic (exact) mass is 330 g/mol. The minimum Gasteiger partial charge on any atom is -0.288 e. The fourth-order valence-corrected chi connectivity index (χ4v) is 1.96. The molecule has 0 N–H and O–H groups in total. The van der Waals surface area contributed by atoms with Crippen molar-refractivity contribution in [1.82, 2.24) is 0 Å². The molecular formula is C13H6BrClF2O. The number of hydrogen-bond acceptors (Lipinski definition) is 1. The zero-order valence-corrected chi connectivity index (χ0v) is 11.2. The molecule has 5 heteroatoms. The molecular weight excluding hydrogens is 325 g/mol. The third-order valence-corrected chi connectivity index (χ3v) is 3.66. The molecule has 0 atom stereocenters. The van der Waals surface area contributed by atoms with Crippen molar-refractivity contribution < 1.29 is 13.6 Å². The summed E-state index contributed by atoms with van der Waals surface area (Å²) in [7, 11) is 0. The molecule has 0 fully saturated rings. The van der Waals surface area contributed by atoms with Crippen LogP contribution >= 0.6 is 27.5 Å². The molecule has 0 heterocycles. The second kappa shape index (κ2) is 5.16. The number of rotatable bonds is 2. The molecule has 1 nitrogen and oxygen atoms in total. The van der Waals surface area contributed by atoms with Crippen molar-refractivity contribution in [3.8, 4) is 0 Å². The van der Waals surface area contributed by atoms with E-state index < -0.39 is 17.4 Å². The van der Waals surface area contributed by atoms with Crippen molar-refractivity contribution in [1.29, 1.82) is 0 Å². The van der Waals surface area contributed by atoms with Crippen LogP contribution in [-0.4, -0.2) is 5.78 Å². The molecule has 0 bridgehead atoms. The molecule has 18 heavy (non-hydrogen) atoms. The summed E-state index contributed by atoms with van der Waals surface area (Å²) < 4.78 is 27.6. The average molecular weight is 332 g/mol. The quantitative estimate of drug-likeness (QED) is 0.580. The summed E-state index contributed by atoms with van der Waals surface area (Å²) in [6, 6.07) is 8.12. The van der Waals surface area contributed by atoms with E-state index in [0.29, 0.717) is 4.47 Å². The molecule has 0 aliphatic carbocycles. The van der Waals surface area contributed by atoms with Gasteiger partial charge in [0.15, 0.2) is 11.6 Å². The van der Waals surface area contributed by atoms with E-state index in [0.717, 1.165) is 6.07 Å². The number of halogens is 4. The fraction of sp³-hybridized carbons (Fsp3) is 0. The highest BCUT2D eigenvalue weighted by atomic mass is 79.9.